The average Bonchev–Trinajstić information content (AvgIpc) is 1.90. The van der Waals surface area contributed by atoms with Crippen molar-refractivity contribution in [3.05, 3.63) is 24.0 Å². The summed E-state index contributed by atoms with van der Waals surface area (Å²) in [5.41, 5.74) is 1.28. The average molecular weight is 124 g/mol. The molecule has 0 aromatic carbocycles. The Morgan fingerprint density at radius 3 is 2.67 bits per heavy atom. The third-order valence-corrected chi connectivity index (χ3v) is 1.39. The Morgan fingerprint density at radius 2 is 2.33 bits per heavy atom. The van der Waals surface area contributed by atoms with Gasteiger partial charge >= 0.3 is 0 Å². The van der Waals surface area contributed by atoms with Crippen LogP contribution in [0.15, 0.2) is 24.0 Å². The summed E-state index contributed by atoms with van der Waals surface area (Å²) in [6.45, 7) is 5.05. The number of allylic oxidation sites excluding steroid dienone is 2. The molecule has 1 heterocycles. The normalized spacial score (nSPS) is 17.4. The topological polar surface area (TPSA) is 9.23 Å². The minimum absolute atomic E-state index is 0.585. The van der Waals surface area contributed by atoms with Crippen LogP contribution in [0, 0.1) is 5.92 Å². The second kappa shape index (κ2) is 2.72. The summed E-state index contributed by atoms with van der Waals surface area (Å²) in [5.74, 6) is 0.585. The fourth-order valence-electron chi connectivity index (χ4n) is 0.752. The zero-order chi connectivity index (χ0) is 6.69. The van der Waals surface area contributed by atoms with E-state index in [1.54, 1.807) is 0 Å². The highest BCUT2D eigenvalue weighted by atomic mass is 16.5. The van der Waals surface area contributed by atoms with E-state index in [0.717, 1.165) is 6.61 Å². The van der Waals surface area contributed by atoms with Crippen LogP contribution in [-0.2, 0) is 4.74 Å². The lowest BCUT2D eigenvalue weighted by molar-refractivity contribution is 0.279. The number of hydrogen-bond donors (Lipinski definition) is 0. The molecule has 0 spiro atoms. The first-order chi connectivity index (χ1) is 4.30. The molecule has 1 aliphatic rings. The fraction of sp³-hybridized carbons (Fsp3) is 0.500. The Morgan fingerprint density at radius 1 is 1.56 bits per heavy atom. The van der Waals surface area contributed by atoms with Gasteiger partial charge in [0.05, 0.1) is 6.26 Å². The first-order valence-corrected chi connectivity index (χ1v) is 3.29. The largest absolute Gasteiger partial charge is 0.497 e. The molecular formula is C8H12O. The Hall–Kier alpha value is -0.720. The first kappa shape index (κ1) is 6.40. The summed E-state index contributed by atoms with van der Waals surface area (Å²) in [5, 5.41) is 0. The summed E-state index contributed by atoms with van der Waals surface area (Å²) in [7, 11) is 0. The SMILES string of the molecule is CC(C)C1=COCC=C1. The molecule has 0 amide bonds. The van der Waals surface area contributed by atoms with Crippen molar-refractivity contribution < 1.29 is 4.74 Å². The lowest BCUT2D eigenvalue weighted by atomic mass is 10.0. The summed E-state index contributed by atoms with van der Waals surface area (Å²) in [6.07, 6.45) is 5.99. The van der Waals surface area contributed by atoms with Gasteiger partial charge in [-0.15, -0.1) is 0 Å². The third kappa shape index (κ3) is 1.60. The molecule has 0 aliphatic carbocycles. The van der Waals surface area contributed by atoms with Gasteiger partial charge in [-0.25, -0.2) is 0 Å². The Bertz CT molecular complexity index is 143. The zero-order valence-electron chi connectivity index (χ0n) is 5.92. The molecule has 50 valence electrons. The highest BCUT2D eigenvalue weighted by Gasteiger charge is 2.00. The fourth-order valence-corrected chi connectivity index (χ4v) is 0.752. The van der Waals surface area contributed by atoms with Crippen molar-refractivity contribution in [3.63, 3.8) is 0 Å². The lowest BCUT2D eigenvalue weighted by Gasteiger charge is -2.09. The molecule has 9 heavy (non-hydrogen) atoms. The smallest absolute Gasteiger partial charge is 0.106 e. The molecule has 1 heteroatoms. The molecule has 0 aromatic heterocycles. The minimum Gasteiger partial charge on any atom is -0.497 e. The molecule has 0 aromatic rings. The Balaban J connectivity index is 2.58. The van der Waals surface area contributed by atoms with Gasteiger partial charge in [-0.05, 0) is 17.6 Å². The maximum absolute atomic E-state index is 5.09. The summed E-state index contributed by atoms with van der Waals surface area (Å²) in [4.78, 5) is 0. The molecule has 0 fully saturated rings. The van der Waals surface area contributed by atoms with Gasteiger partial charge in [-0.1, -0.05) is 19.9 Å². The zero-order valence-corrected chi connectivity index (χ0v) is 5.92. The van der Waals surface area contributed by atoms with Gasteiger partial charge in [0, 0.05) is 0 Å². The van der Waals surface area contributed by atoms with Crippen LogP contribution < -0.4 is 0 Å². The van der Waals surface area contributed by atoms with Crippen molar-refractivity contribution >= 4 is 0 Å². The second-order valence-electron chi connectivity index (χ2n) is 2.51. The predicted molar refractivity (Wildman–Crippen MR) is 38.0 cm³/mol. The molecule has 0 N–H and O–H groups in total. The van der Waals surface area contributed by atoms with Crippen molar-refractivity contribution in [3.8, 4) is 0 Å². The van der Waals surface area contributed by atoms with Crippen molar-refractivity contribution in [2.45, 2.75) is 13.8 Å². The monoisotopic (exact) mass is 124 g/mol. The van der Waals surface area contributed by atoms with Gasteiger partial charge in [-0.2, -0.15) is 0 Å². The van der Waals surface area contributed by atoms with Gasteiger partial charge in [0.25, 0.3) is 0 Å². The molecule has 1 aliphatic heterocycles. The molecule has 0 saturated heterocycles. The predicted octanol–water partition coefficient (Wildman–Crippen LogP) is 2.11. The van der Waals surface area contributed by atoms with Crippen LogP contribution in [-0.4, -0.2) is 6.61 Å². The quantitative estimate of drug-likeness (QED) is 0.520. The first-order valence-electron chi connectivity index (χ1n) is 3.29. The van der Waals surface area contributed by atoms with Crippen LogP contribution in [0.25, 0.3) is 0 Å². The van der Waals surface area contributed by atoms with E-state index in [9.17, 15) is 0 Å². The maximum atomic E-state index is 5.09. The molecule has 1 nitrogen and oxygen atoms in total. The van der Waals surface area contributed by atoms with Crippen LogP contribution in [0.1, 0.15) is 13.8 Å². The van der Waals surface area contributed by atoms with E-state index < -0.39 is 0 Å². The lowest BCUT2D eigenvalue weighted by Crippen LogP contribution is -1.97. The molecule has 0 radical (unpaired) electrons. The molecule has 0 atom stereocenters. The molecular weight excluding hydrogens is 112 g/mol. The Labute approximate surface area is 56.0 Å². The molecule has 0 bridgehead atoms. The number of ether oxygens (including phenoxy) is 1. The number of hydrogen-bond acceptors (Lipinski definition) is 1. The second-order valence-corrected chi connectivity index (χ2v) is 2.51. The number of rotatable bonds is 1. The van der Waals surface area contributed by atoms with E-state index >= 15 is 0 Å². The summed E-state index contributed by atoms with van der Waals surface area (Å²) < 4.78 is 5.09. The van der Waals surface area contributed by atoms with Crippen LogP contribution in [0.4, 0.5) is 0 Å². The van der Waals surface area contributed by atoms with Crippen LogP contribution >= 0.6 is 0 Å². The van der Waals surface area contributed by atoms with Crippen molar-refractivity contribution in [2.75, 3.05) is 6.61 Å². The molecule has 0 unspecified atom stereocenters. The van der Waals surface area contributed by atoms with Crippen molar-refractivity contribution in [2.24, 2.45) is 5.92 Å². The highest BCUT2D eigenvalue weighted by Crippen LogP contribution is 2.13. The summed E-state index contributed by atoms with van der Waals surface area (Å²) >= 11 is 0. The van der Waals surface area contributed by atoms with Crippen LogP contribution in [0.3, 0.4) is 0 Å². The highest BCUT2D eigenvalue weighted by molar-refractivity contribution is 5.20. The van der Waals surface area contributed by atoms with Gasteiger partial charge in [-0.3, -0.25) is 0 Å². The van der Waals surface area contributed by atoms with Crippen molar-refractivity contribution in [1.29, 1.82) is 0 Å². The van der Waals surface area contributed by atoms with Crippen LogP contribution in [0.2, 0.25) is 0 Å². The van der Waals surface area contributed by atoms with Gasteiger partial charge in [0.1, 0.15) is 6.61 Å². The molecule has 1 rings (SSSR count). The van der Waals surface area contributed by atoms with E-state index in [1.807, 2.05) is 12.3 Å². The van der Waals surface area contributed by atoms with E-state index in [4.69, 9.17) is 4.74 Å². The molecule has 0 saturated carbocycles. The third-order valence-electron chi connectivity index (χ3n) is 1.39. The van der Waals surface area contributed by atoms with E-state index in [1.165, 1.54) is 5.57 Å². The standard InChI is InChI=1S/C8H12O/c1-7(2)8-4-3-5-9-6-8/h3-4,6-7H,5H2,1-2H3. The van der Waals surface area contributed by atoms with E-state index in [-0.39, 0.29) is 0 Å². The maximum Gasteiger partial charge on any atom is 0.106 e. The van der Waals surface area contributed by atoms with Crippen LogP contribution in [0.5, 0.6) is 0 Å². The summed E-state index contributed by atoms with van der Waals surface area (Å²) in [6, 6.07) is 0. The van der Waals surface area contributed by atoms with Gasteiger partial charge < -0.3 is 4.74 Å². The minimum atomic E-state index is 0.585. The van der Waals surface area contributed by atoms with E-state index in [2.05, 4.69) is 19.9 Å². The van der Waals surface area contributed by atoms with Crippen molar-refractivity contribution in [1.82, 2.24) is 0 Å². The van der Waals surface area contributed by atoms with Gasteiger partial charge in [0.15, 0.2) is 0 Å². The van der Waals surface area contributed by atoms with Gasteiger partial charge in [0.2, 0.25) is 0 Å². The Kier molecular flexibility index (Phi) is 1.93. The van der Waals surface area contributed by atoms with E-state index in [0.29, 0.717) is 5.92 Å².